The molecule has 1 N–H and O–H groups in total. The first kappa shape index (κ1) is 13.5. The second kappa shape index (κ2) is 5.66. The molecule has 0 fully saturated rings. The van der Waals surface area contributed by atoms with Crippen molar-refractivity contribution in [1.29, 1.82) is 0 Å². The van der Waals surface area contributed by atoms with E-state index in [0.29, 0.717) is 17.2 Å². The average molecular weight is 262 g/mol. The molecule has 0 aromatic heterocycles. The summed E-state index contributed by atoms with van der Waals surface area (Å²) in [5, 5.41) is 0. The molecular weight excluding hydrogens is 246 g/mol. The Balaban J connectivity index is 2.86. The maximum absolute atomic E-state index is 11.9. The lowest BCUT2D eigenvalue weighted by molar-refractivity contribution is 0.556. The Bertz CT molecular complexity index is 445. The Labute approximate surface area is 102 Å². The molecule has 90 valence electrons. The molecule has 0 amide bonds. The maximum atomic E-state index is 11.9. The van der Waals surface area contributed by atoms with Crippen LogP contribution in [0.15, 0.2) is 29.2 Å². The van der Waals surface area contributed by atoms with E-state index in [9.17, 15) is 8.42 Å². The minimum Gasteiger partial charge on any atom is -0.208 e. The highest BCUT2D eigenvalue weighted by molar-refractivity contribution is 7.89. The van der Waals surface area contributed by atoms with Crippen molar-refractivity contribution in [3.8, 4) is 0 Å². The third-order valence-corrected chi connectivity index (χ3v) is 4.00. The van der Waals surface area contributed by atoms with Crippen molar-refractivity contribution in [3.05, 3.63) is 29.8 Å². The van der Waals surface area contributed by atoms with Gasteiger partial charge in [0.25, 0.3) is 0 Å². The summed E-state index contributed by atoms with van der Waals surface area (Å²) in [7, 11) is -3.41. The predicted molar refractivity (Wildman–Crippen MR) is 66.3 cm³/mol. The highest BCUT2D eigenvalue weighted by Gasteiger charge is 2.16. The van der Waals surface area contributed by atoms with Gasteiger partial charge in [0.1, 0.15) is 0 Å². The molecule has 16 heavy (non-hydrogen) atoms. The van der Waals surface area contributed by atoms with Gasteiger partial charge in [0.15, 0.2) is 0 Å². The molecule has 1 rings (SSSR count). The lowest BCUT2D eigenvalue weighted by atomic mass is 10.2. The van der Waals surface area contributed by atoms with Crippen LogP contribution in [0.1, 0.15) is 18.9 Å². The molecule has 0 saturated heterocycles. The Morgan fingerprint density at radius 2 is 2.12 bits per heavy atom. The van der Waals surface area contributed by atoms with E-state index >= 15 is 0 Å². The standard InChI is InChI=1S/C11H16ClNO2S/c1-9-4-3-5-11(8-9)16(14,15)13-10(2)6-7-12/h3-5,8,10,13H,6-7H2,1-2H3. The monoisotopic (exact) mass is 261 g/mol. The van der Waals surface area contributed by atoms with E-state index in [0.717, 1.165) is 5.56 Å². The minimum atomic E-state index is -3.41. The molecule has 5 heteroatoms. The van der Waals surface area contributed by atoms with Gasteiger partial charge in [0.2, 0.25) is 10.0 Å². The van der Waals surface area contributed by atoms with Crippen molar-refractivity contribution in [2.75, 3.05) is 5.88 Å². The van der Waals surface area contributed by atoms with Crippen LogP contribution in [-0.2, 0) is 10.0 Å². The Kier molecular flexibility index (Phi) is 4.77. The van der Waals surface area contributed by atoms with Crippen LogP contribution >= 0.6 is 11.6 Å². The van der Waals surface area contributed by atoms with Gasteiger partial charge >= 0.3 is 0 Å². The zero-order valence-electron chi connectivity index (χ0n) is 9.40. The van der Waals surface area contributed by atoms with Gasteiger partial charge < -0.3 is 0 Å². The summed E-state index contributed by atoms with van der Waals surface area (Å²) in [6, 6.07) is 6.68. The van der Waals surface area contributed by atoms with E-state index in [2.05, 4.69) is 4.72 Å². The molecular formula is C11H16ClNO2S. The number of halogens is 1. The van der Waals surface area contributed by atoms with Crippen LogP contribution < -0.4 is 4.72 Å². The topological polar surface area (TPSA) is 46.2 Å². The van der Waals surface area contributed by atoms with Crippen LogP contribution in [0.5, 0.6) is 0 Å². The molecule has 3 nitrogen and oxygen atoms in total. The lowest BCUT2D eigenvalue weighted by Gasteiger charge is -2.13. The molecule has 0 bridgehead atoms. The average Bonchev–Trinajstić information content (AvgIpc) is 2.17. The number of nitrogens with one attached hydrogen (secondary N) is 1. The summed E-state index contributed by atoms with van der Waals surface area (Å²) in [4.78, 5) is 0.300. The maximum Gasteiger partial charge on any atom is 0.240 e. The molecule has 0 aliphatic carbocycles. The van der Waals surface area contributed by atoms with E-state index < -0.39 is 10.0 Å². The van der Waals surface area contributed by atoms with E-state index in [1.54, 1.807) is 25.1 Å². The van der Waals surface area contributed by atoms with Gasteiger partial charge in [-0.2, -0.15) is 0 Å². The van der Waals surface area contributed by atoms with Crippen molar-refractivity contribution in [2.24, 2.45) is 0 Å². The molecule has 0 aliphatic rings. The second-order valence-electron chi connectivity index (χ2n) is 3.82. The number of hydrogen-bond acceptors (Lipinski definition) is 2. The van der Waals surface area contributed by atoms with Crippen LogP contribution in [0.4, 0.5) is 0 Å². The molecule has 1 aromatic rings. The number of hydrogen-bond donors (Lipinski definition) is 1. The molecule has 1 unspecified atom stereocenters. The van der Waals surface area contributed by atoms with Crippen molar-refractivity contribution in [3.63, 3.8) is 0 Å². The van der Waals surface area contributed by atoms with Crippen LogP contribution in [-0.4, -0.2) is 20.3 Å². The molecule has 0 heterocycles. The summed E-state index contributed by atoms with van der Waals surface area (Å²) in [6.07, 6.45) is 0.618. The minimum absolute atomic E-state index is 0.150. The fourth-order valence-electron chi connectivity index (χ4n) is 1.34. The largest absolute Gasteiger partial charge is 0.240 e. The molecule has 1 aromatic carbocycles. The fourth-order valence-corrected chi connectivity index (χ4v) is 3.05. The van der Waals surface area contributed by atoms with Gasteiger partial charge in [0, 0.05) is 11.9 Å². The van der Waals surface area contributed by atoms with Gasteiger partial charge in [0.05, 0.1) is 4.90 Å². The molecule has 1 atom stereocenters. The van der Waals surface area contributed by atoms with Gasteiger partial charge in [-0.3, -0.25) is 0 Å². The smallest absolute Gasteiger partial charge is 0.208 e. The highest BCUT2D eigenvalue weighted by atomic mass is 35.5. The van der Waals surface area contributed by atoms with Gasteiger partial charge in [-0.1, -0.05) is 12.1 Å². The van der Waals surface area contributed by atoms with Gasteiger partial charge in [-0.05, 0) is 38.0 Å². The van der Waals surface area contributed by atoms with Crippen molar-refractivity contribution >= 4 is 21.6 Å². The summed E-state index contributed by atoms with van der Waals surface area (Å²) < 4.78 is 26.4. The zero-order chi connectivity index (χ0) is 12.2. The number of aryl methyl sites for hydroxylation is 1. The van der Waals surface area contributed by atoms with Crippen LogP contribution in [0.25, 0.3) is 0 Å². The van der Waals surface area contributed by atoms with Crippen molar-refractivity contribution in [1.82, 2.24) is 4.72 Å². The zero-order valence-corrected chi connectivity index (χ0v) is 11.0. The molecule has 0 aliphatic heterocycles. The Morgan fingerprint density at radius 1 is 1.44 bits per heavy atom. The van der Waals surface area contributed by atoms with E-state index in [4.69, 9.17) is 11.6 Å². The molecule has 0 saturated carbocycles. The summed E-state index contributed by atoms with van der Waals surface area (Å²) >= 11 is 5.56. The first-order chi connectivity index (χ1) is 7.45. The van der Waals surface area contributed by atoms with Crippen LogP contribution in [0.3, 0.4) is 0 Å². The van der Waals surface area contributed by atoms with E-state index in [1.807, 2.05) is 13.0 Å². The summed E-state index contributed by atoms with van der Waals surface area (Å²) in [5.41, 5.74) is 0.924. The SMILES string of the molecule is Cc1cccc(S(=O)(=O)NC(C)CCCl)c1. The van der Waals surface area contributed by atoms with Gasteiger partial charge in [-0.25, -0.2) is 13.1 Å². The highest BCUT2D eigenvalue weighted by Crippen LogP contribution is 2.11. The quantitative estimate of drug-likeness (QED) is 0.827. The van der Waals surface area contributed by atoms with E-state index in [1.165, 1.54) is 0 Å². The van der Waals surface area contributed by atoms with Crippen molar-refractivity contribution in [2.45, 2.75) is 31.2 Å². The number of rotatable bonds is 5. The summed E-state index contributed by atoms with van der Waals surface area (Å²) in [6.45, 7) is 3.66. The lowest BCUT2D eigenvalue weighted by Crippen LogP contribution is -2.32. The molecule has 0 spiro atoms. The number of benzene rings is 1. The molecule has 0 radical (unpaired) electrons. The Hall–Kier alpha value is -0.580. The van der Waals surface area contributed by atoms with Gasteiger partial charge in [-0.15, -0.1) is 11.6 Å². The van der Waals surface area contributed by atoms with E-state index in [-0.39, 0.29) is 6.04 Å². The first-order valence-electron chi connectivity index (χ1n) is 5.10. The normalized spacial score (nSPS) is 13.7. The predicted octanol–water partition coefficient (Wildman–Crippen LogP) is 2.29. The van der Waals surface area contributed by atoms with Crippen LogP contribution in [0, 0.1) is 6.92 Å². The van der Waals surface area contributed by atoms with Crippen LogP contribution in [0.2, 0.25) is 0 Å². The summed E-state index contributed by atoms with van der Waals surface area (Å²) in [5.74, 6) is 0.442. The fraction of sp³-hybridized carbons (Fsp3) is 0.455. The third kappa shape index (κ3) is 3.77. The first-order valence-corrected chi connectivity index (χ1v) is 7.12. The second-order valence-corrected chi connectivity index (χ2v) is 5.91. The number of sulfonamides is 1. The third-order valence-electron chi connectivity index (χ3n) is 2.20. The Morgan fingerprint density at radius 3 is 2.69 bits per heavy atom. The number of alkyl halides is 1. The van der Waals surface area contributed by atoms with Crippen molar-refractivity contribution < 1.29 is 8.42 Å².